The van der Waals surface area contributed by atoms with Gasteiger partial charge < -0.3 is 5.32 Å². The molecule has 1 atom stereocenters. The van der Waals surface area contributed by atoms with E-state index in [2.05, 4.69) is 26.1 Å². The number of benzene rings is 1. The Labute approximate surface area is 121 Å². The smallest absolute Gasteiger partial charge is 0.0452 e. The molecule has 0 aliphatic heterocycles. The van der Waals surface area contributed by atoms with Gasteiger partial charge in [-0.05, 0) is 55.5 Å². The van der Waals surface area contributed by atoms with Gasteiger partial charge in [0.05, 0.1) is 0 Å². The van der Waals surface area contributed by atoms with Crippen LogP contribution in [-0.4, -0.2) is 13.1 Å². The van der Waals surface area contributed by atoms with E-state index in [1.807, 2.05) is 18.2 Å². The summed E-state index contributed by atoms with van der Waals surface area (Å²) in [5, 5.41) is 4.93. The molecule has 0 bridgehead atoms. The predicted molar refractivity (Wildman–Crippen MR) is 81.7 cm³/mol. The van der Waals surface area contributed by atoms with Crippen LogP contribution >= 0.6 is 23.2 Å². The van der Waals surface area contributed by atoms with Crippen molar-refractivity contribution in [2.45, 2.75) is 33.6 Å². The average molecular weight is 288 g/mol. The predicted octanol–water partition coefficient (Wildman–Crippen LogP) is 4.81. The maximum Gasteiger partial charge on any atom is 0.0452 e. The van der Waals surface area contributed by atoms with Gasteiger partial charge in [-0.1, -0.05) is 50.0 Å². The van der Waals surface area contributed by atoms with Gasteiger partial charge in [0.2, 0.25) is 0 Å². The molecule has 3 heteroatoms. The molecule has 0 saturated carbocycles. The summed E-state index contributed by atoms with van der Waals surface area (Å²) in [7, 11) is 0. The zero-order valence-electron chi connectivity index (χ0n) is 11.5. The van der Waals surface area contributed by atoms with E-state index in [0.29, 0.717) is 16.9 Å². The fourth-order valence-corrected chi connectivity index (χ4v) is 2.74. The monoisotopic (exact) mass is 287 g/mol. The molecule has 1 aromatic carbocycles. The Bertz CT molecular complexity index is 364. The van der Waals surface area contributed by atoms with Crippen molar-refractivity contribution in [1.82, 2.24) is 5.32 Å². The number of rotatable bonds is 7. The molecule has 18 heavy (non-hydrogen) atoms. The first-order chi connectivity index (χ1) is 8.52. The number of hydrogen-bond acceptors (Lipinski definition) is 1. The molecule has 1 N–H and O–H groups in total. The molecule has 0 aromatic heterocycles. The van der Waals surface area contributed by atoms with Gasteiger partial charge >= 0.3 is 0 Å². The SMILES string of the molecule is CCNCC(Cc1ccc(Cl)cc1Cl)CC(C)C. The van der Waals surface area contributed by atoms with Gasteiger partial charge in [0.15, 0.2) is 0 Å². The third-order valence-electron chi connectivity index (χ3n) is 3.01. The summed E-state index contributed by atoms with van der Waals surface area (Å²) < 4.78 is 0. The van der Waals surface area contributed by atoms with Crippen LogP contribution in [0.25, 0.3) is 0 Å². The van der Waals surface area contributed by atoms with E-state index in [1.165, 1.54) is 12.0 Å². The Hall–Kier alpha value is -0.240. The fraction of sp³-hybridized carbons (Fsp3) is 0.600. The molecular formula is C15H23Cl2N. The Balaban J connectivity index is 2.68. The molecule has 0 fully saturated rings. The molecule has 1 rings (SSSR count). The third kappa shape index (κ3) is 5.60. The van der Waals surface area contributed by atoms with Crippen LogP contribution < -0.4 is 5.32 Å². The molecule has 1 aromatic rings. The Morgan fingerprint density at radius 2 is 1.94 bits per heavy atom. The standard InChI is InChI=1S/C15H23Cl2N/c1-4-18-10-12(7-11(2)3)8-13-5-6-14(16)9-15(13)17/h5-6,9,11-12,18H,4,7-8,10H2,1-3H3. The summed E-state index contributed by atoms with van der Waals surface area (Å²) in [6.45, 7) is 8.74. The highest BCUT2D eigenvalue weighted by atomic mass is 35.5. The summed E-state index contributed by atoms with van der Waals surface area (Å²) >= 11 is 12.2. The first kappa shape index (κ1) is 15.8. The van der Waals surface area contributed by atoms with E-state index < -0.39 is 0 Å². The van der Waals surface area contributed by atoms with Crippen molar-refractivity contribution in [2.24, 2.45) is 11.8 Å². The number of hydrogen-bond donors (Lipinski definition) is 1. The highest BCUT2D eigenvalue weighted by molar-refractivity contribution is 6.35. The zero-order valence-corrected chi connectivity index (χ0v) is 13.0. The second-order valence-electron chi connectivity index (χ2n) is 5.24. The van der Waals surface area contributed by atoms with E-state index in [1.54, 1.807) is 0 Å². The van der Waals surface area contributed by atoms with Crippen molar-refractivity contribution in [1.29, 1.82) is 0 Å². The van der Waals surface area contributed by atoms with Crippen LogP contribution in [0.4, 0.5) is 0 Å². The fourth-order valence-electron chi connectivity index (χ4n) is 2.25. The molecule has 0 spiro atoms. The summed E-state index contributed by atoms with van der Waals surface area (Å²) in [5.41, 5.74) is 1.20. The Morgan fingerprint density at radius 1 is 1.22 bits per heavy atom. The topological polar surface area (TPSA) is 12.0 Å². The van der Waals surface area contributed by atoms with Crippen LogP contribution in [-0.2, 0) is 6.42 Å². The number of nitrogens with one attached hydrogen (secondary N) is 1. The molecule has 1 nitrogen and oxygen atoms in total. The van der Waals surface area contributed by atoms with E-state index in [-0.39, 0.29) is 0 Å². The minimum Gasteiger partial charge on any atom is -0.317 e. The minimum atomic E-state index is 0.628. The molecule has 0 heterocycles. The van der Waals surface area contributed by atoms with E-state index in [4.69, 9.17) is 23.2 Å². The second kappa shape index (κ2) is 8.04. The largest absolute Gasteiger partial charge is 0.317 e. The highest BCUT2D eigenvalue weighted by Gasteiger charge is 2.13. The van der Waals surface area contributed by atoms with Gasteiger partial charge in [-0.15, -0.1) is 0 Å². The quantitative estimate of drug-likeness (QED) is 0.759. The van der Waals surface area contributed by atoms with Crippen molar-refractivity contribution in [2.75, 3.05) is 13.1 Å². The van der Waals surface area contributed by atoms with Crippen LogP contribution in [0.2, 0.25) is 10.0 Å². The second-order valence-corrected chi connectivity index (χ2v) is 6.09. The van der Waals surface area contributed by atoms with Gasteiger partial charge in [-0.3, -0.25) is 0 Å². The van der Waals surface area contributed by atoms with Crippen molar-refractivity contribution in [3.63, 3.8) is 0 Å². The van der Waals surface area contributed by atoms with Gasteiger partial charge in [-0.2, -0.15) is 0 Å². The van der Waals surface area contributed by atoms with Crippen molar-refractivity contribution < 1.29 is 0 Å². The average Bonchev–Trinajstić information content (AvgIpc) is 2.29. The van der Waals surface area contributed by atoms with Crippen LogP contribution in [0.3, 0.4) is 0 Å². The van der Waals surface area contributed by atoms with Gasteiger partial charge in [0, 0.05) is 10.0 Å². The van der Waals surface area contributed by atoms with Crippen LogP contribution in [0.5, 0.6) is 0 Å². The normalized spacial score (nSPS) is 13.0. The van der Waals surface area contributed by atoms with Gasteiger partial charge in [-0.25, -0.2) is 0 Å². The molecule has 0 aliphatic carbocycles. The minimum absolute atomic E-state index is 0.628. The molecule has 0 radical (unpaired) electrons. The molecule has 0 aliphatic rings. The van der Waals surface area contributed by atoms with E-state index in [0.717, 1.165) is 24.5 Å². The first-order valence-electron chi connectivity index (χ1n) is 6.67. The first-order valence-corrected chi connectivity index (χ1v) is 7.43. The van der Waals surface area contributed by atoms with Crippen LogP contribution in [0.15, 0.2) is 18.2 Å². The summed E-state index contributed by atoms with van der Waals surface area (Å²) in [4.78, 5) is 0. The lowest BCUT2D eigenvalue weighted by Gasteiger charge is -2.20. The maximum atomic E-state index is 6.24. The highest BCUT2D eigenvalue weighted by Crippen LogP contribution is 2.25. The molecule has 0 amide bonds. The zero-order chi connectivity index (χ0) is 13.5. The van der Waals surface area contributed by atoms with Crippen LogP contribution in [0.1, 0.15) is 32.8 Å². The lowest BCUT2D eigenvalue weighted by molar-refractivity contribution is 0.388. The summed E-state index contributed by atoms with van der Waals surface area (Å²) in [5.74, 6) is 1.34. The maximum absolute atomic E-state index is 6.24. The van der Waals surface area contributed by atoms with E-state index >= 15 is 0 Å². The number of halogens is 2. The Kier molecular flexibility index (Phi) is 7.06. The van der Waals surface area contributed by atoms with Crippen molar-refractivity contribution in [3.05, 3.63) is 33.8 Å². The lowest BCUT2D eigenvalue weighted by atomic mass is 9.91. The van der Waals surface area contributed by atoms with Crippen molar-refractivity contribution >= 4 is 23.2 Å². The summed E-state index contributed by atoms with van der Waals surface area (Å²) in [6.07, 6.45) is 2.23. The van der Waals surface area contributed by atoms with Crippen LogP contribution in [0, 0.1) is 11.8 Å². The van der Waals surface area contributed by atoms with E-state index in [9.17, 15) is 0 Å². The molecular weight excluding hydrogens is 265 g/mol. The third-order valence-corrected chi connectivity index (χ3v) is 3.60. The lowest BCUT2D eigenvalue weighted by Crippen LogP contribution is -2.25. The van der Waals surface area contributed by atoms with Gasteiger partial charge in [0.1, 0.15) is 0 Å². The molecule has 0 saturated heterocycles. The van der Waals surface area contributed by atoms with Crippen molar-refractivity contribution in [3.8, 4) is 0 Å². The van der Waals surface area contributed by atoms with Gasteiger partial charge in [0.25, 0.3) is 0 Å². The molecule has 102 valence electrons. The summed E-state index contributed by atoms with van der Waals surface area (Å²) in [6, 6.07) is 5.80. The Morgan fingerprint density at radius 3 is 2.50 bits per heavy atom. The molecule has 1 unspecified atom stereocenters.